The predicted octanol–water partition coefficient (Wildman–Crippen LogP) is 4.01. The van der Waals surface area contributed by atoms with Crippen LogP contribution >= 0.6 is 0 Å². The Morgan fingerprint density at radius 1 is 0.300 bits per heavy atom. The molecule has 6 heteroatoms. The van der Waals surface area contributed by atoms with Crippen LogP contribution in [0, 0.1) is 0 Å². The van der Waals surface area contributed by atoms with Crippen LogP contribution in [-0.4, -0.2) is 66.4 Å². The van der Waals surface area contributed by atoms with E-state index in [4.69, 9.17) is 0 Å². The first-order chi connectivity index (χ1) is 14.7. The SMILES string of the molecule is CC=CN1C2C3N(C=CC)C4C(N3C=CC)N(/C=C/C)C(C1N4/C=C/C)N2C=CC. The smallest absolute Gasteiger partial charge is 0.144 e. The van der Waals surface area contributed by atoms with Crippen molar-refractivity contribution in [1.82, 2.24) is 29.4 Å². The lowest BCUT2D eigenvalue weighted by Gasteiger charge is -2.54. The first-order valence-corrected chi connectivity index (χ1v) is 11.1. The Balaban J connectivity index is 2.03. The predicted molar refractivity (Wildman–Crippen MR) is 123 cm³/mol. The lowest BCUT2D eigenvalue weighted by atomic mass is 10.1. The fourth-order valence-corrected chi connectivity index (χ4v) is 5.80. The highest BCUT2D eigenvalue weighted by Crippen LogP contribution is 2.52. The van der Waals surface area contributed by atoms with E-state index >= 15 is 0 Å². The summed E-state index contributed by atoms with van der Waals surface area (Å²) in [6, 6.07) is 0. The van der Waals surface area contributed by atoms with Gasteiger partial charge in [0.05, 0.1) is 0 Å². The quantitative estimate of drug-likeness (QED) is 0.657. The summed E-state index contributed by atoms with van der Waals surface area (Å²) in [5, 5.41) is 0. The summed E-state index contributed by atoms with van der Waals surface area (Å²) in [5.41, 5.74) is 0. The molecule has 0 aromatic rings. The van der Waals surface area contributed by atoms with Gasteiger partial charge in [-0.25, -0.2) is 0 Å². The molecule has 0 spiro atoms. The van der Waals surface area contributed by atoms with Crippen LogP contribution in [0.3, 0.4) is 0 Å². The second-order valence-corrected chi connectivity index (χ2v) is 8.06. The highest BCUT2D eigenvalue weighted by molar-refractivity contribution is 5.25. The second-order valence-electron chi connectivity index (χ2n) is 8.06. The molecule has 6 nitrogen and oxygen atoms in total. The van der Waals surface area contributed by atoms with Gasteiger partial charge in [-0.2, -0.15) is 0 Å². The maximum absolute atomic E-state index is 2.56. The van der Waals surface area contributed by atoms with Crippen molar-refractivity contribution in [3.8, 4) is 0 Å². The van der Waals surface area contributed by atoms with Gasteiger partial charge in [0.15, 0.2) is 0 Å². The molecule has 5 heterocycles. The molecule has 5 fully saturated rings. The van der Waals surface area contributed by atoms with Gasteiger partial charge in [-0.3, -0.25) is 0 Å². The van der Waals surface area contributed by atoms with Crippen LogP contribution in [-0.2, 0) is 0 Å². The molecule has 0 aliphatic carbocycles. The Hall–Kier alpha value is -2.76. The molecule has 5 saturated heterocycles. The van der Waals surface area contributed by atoms with Gasteiger partial charge in [-0.15, -0.1) is 0 Å². The van der Waals surface area contributed by atoms with Crippen molar-refractivity contribution in [1.29, 1.82) is 0 Å². The van der Waals surface area contributed by atoms with Crippen molar-refractivity contribution in [2.75, 3.05) is 0 Å². The van der Waals surface area contributed by atoms with Crippen molar-refractivity contribution in [3.05, 3.63) is 73.7 Å². The zero-order valence-corrected chi connectivity index (χ0v) is 19.1. The van der Waals surface area contributed by atoms with Gasteiger partial charge in [-0.05, 0) is 78.7 Å². The van der Waals surface area contributed by atoms with E-state index in [0.717, 1.165) is 0 Å². The Kier molecular flexibility index (Phi) is 5.58. The lowest BCUT2D eigenvalue weighted by Crippen LogP contribution is -2.70. The molecule has 6 bridgehead atoms. The molecule has 30 heavy (non-hydrogen) atoms. The molecule has 0 N–H and O–H groups in total. The molecular formula is C24H36N6. The first kappa shape index (κ1) is 20.5. The minimum absolute atomic E-state index is 0.192. The summed E-state index contributed by atoms with van der Waals surface area (Å²) >= 11 is 0. The van der Waals surface area contributed by atoms with E-state index < -0.39 is 0 Å². The highest BCUT2D eigenvalue weighted by Gasteiger charge is 2.69. The van der Waals surface area contributed by atoms with Crippen LogP contribution in [0.5, 0.6) is 0 Å². The van der Waals surface area contributed by atoms with Crippen LogP contribution in [0.2, 0.25) is 0 Å². The van der Waals surface area contributed by atoms with E-state index in [1.54, 1.807) is 0 Å². The highest BCUT2D eigenvalue weighted by atomic mass is 15.8. The minimum Gasteiger partial charge on any atom is -0.330 e. The molecular weight excluding hydrogens is 372 g/mol. The fraction of sp³-hybridized carbons (Fsp3) is 0.500. The molecule has 5 rings (SSSR count). The Labute approximate surface area is 182 Å². The van der Waals surface area contributed by atoms with Crippen molar-refractivity contribution < 1.29 is 0 Å². The summed E-state index contributed by atoms with van der Waals surface area (Å²) in [6.45, 7) is 12.7. The van der Waals surface area contributed by atoms with Crippen LogP contribution in [0.1, 0.15) is 41.5 Å². The van der Waals surface area contributed by atoms with E-state index in [1.807, 2.05) is 0 Å². The first-order valence-electron chi connectivity index (χ1n) is 11.1. The van der Waals surface area contributed by atoms with Crippen molar-refractivity contribution in [3.63, 3.8) is 0 Å². The number of nitrogens with zero attached hydrogens (tertiary/aromatic N) is 6. The number of hydrogen-bond donors (Lipinski definition) is 0. The maximum Gasteiger partial charge on any atom is 0.144 e. The zero-order valence-electron chi connectivity index (χ0n) is 19.1. The van der Waals surface area contributed by atoms with Crippen LogP contribution in [0.4, 0.5) is 0 Å². The summed E-state index contributed by atoms with van der Waals surface area (Å²) in [4.78, 5) is 15.3. The summed E-state index contributed by atoms with van der Waals surface area (Å²) in [6.07, 6.45) is 28.0. The Bertz CT molecular complexity index is 678. The van der Waals surface area contributed by atoms with E-state index in [-0.39, 0.29) is 37.0 Å². The summed E-state index contributed by atoms with van der Waals surface area (Å²) < 4.78 is 0. The average Bonchev–Trinajstić information content (AvgIpc) is 3.14. The molecule has 0 aromatic carbocycles. The molecule has 0 radical (unpaired) electrons. The van der Waals surface area contributed by atoms with E-state index in [9.17, 15) is 0 Å². The monoisotopic (exact) mass is 408 g/mol. The topological polar surface area (TPSA) is 19.4 Å². The van der Waals surface area contributed by atoms with Gasteiger partial charge >= 0.3 is 0 Å². The molecule has 0 amide bonds. The Morgan fingerprint density at radius 2 is 0.433 bits per heavy atom. The minimum atomic E-state index is 0.192. The molecule has 4 atom stereocenters. The van der Waals surface area contributed by atoms with Gasteiger partial charge < -0.3 is 29.4 Å². The average molecular weight is 409 g/mol. The van der Waals surface area contributed by atoms with Gasteiger partial charge in [0.1, 0.15) is 37.0 Å². The zero-order chi connectivity index (χ0) is 21.4. The van der Waals surface area contributed by atoms with Crippen LogP contribution in [0.15, 0.2) is 73.7 Å². The molecule has 0 aromatic heterocycles. The van der Waals surface area contributed by atoms with Crippen molar-refractivity contribution in [2.24, 2.45) is 0 Å². The van der Waals surface area contributed by atoms with Crippen molar-refractivity contribution >= 4 is 0 Å². The number of piperazine rings is 1. The molecule has 162 valence electrons. The maximum atomic E-state index is 2.56. The molecule has 4 unspecified atom stereocenters. The Morgan fingerprint density at radius 3 is 0.533 bits per heavy atom. The van der Waals surface area contributed by atoms with Crippen LogP contribution in [0.25, 0.3) is 0 Å². The standard InChI is InChI=1S/C24H36N6/c1-7-13-25-19-20-26(14-8-2)23(25)24-27(15-9-3)21(29(19)17-11-5)22(28(24)16-10-4)30(20)18-12-6/h7-24H,1-6H3/b13-7?,14-8?,15-9?,16-10?,17-11+,18-12+. The van der Waals surface area contributed by atoms with E-state index in [1.165, 1.54) is 0 Å². The number of rotatable bonds is 6. The van der Waals surface area contributed by atoms with Gasteiger partial charge in [0, 0.05) is 0 Å². The van der Waals surface area contributed by atoms with E-state index in [2.05, 4.69) is 145 Å². The van der Waals surface area contributed by atoms with Gasteiger partial charge in [0.2, 0.25) is 0 Å². The fourth-order valence-electron chi connectivity index (χ4n) is 5.80. The largest absolute Gasteiger partial charge is 0.330 e. The summed E-state index contributed by atoms with van der Waals surface area (Å²) in [5.74, 6) is 0. The van der Waals surface area contributed by atoms with Crippen LogP contribution < -0.4 is 0 Å². The van der Waals surface area contributed by atoms with Gasteiger partial charge in [0.25, 0.3) is 0 Å². The lowest BCUT2D eigenvalue weighted by molar-refractivity contribution is -0.0929. The normalized spacial score (nSPS) is 35.8. The second kappa shape index (κ2) is 8.17. The van der Waals surface area contributed by atoms with E-state index in [0.29, 0.717) is 0 Å². The molecule has 5 aliphatic heterocycles. The number of allylic oxidation sites excluding steroid dienone is 6. The third-order valence-corrected chi connectivity index (χ3v) is 6.39. The summed E-state index contributed by atoms with van der Waals surface area (Å²) in [7, 11) is 0. The van der Waals surface area contributed by atoms with Crippen molar-refractivity contribution in [2.45, 2.75) is 78.5 Å². The number of hydrogen-bond acceptors (Lipinski definition) is 6. The van der Waals surface area contributed by atoms with Gasteiger partial charge in [-0.1, -0.05) is 36.5 Å². The molecule has 0 saturated carbocycles. The third kappa shape index (κ3) is 2.62. The molecule has 5 aliphatic rings. The third-order valence-electron chi connectivity index (χ3n) is 6.39.